The SMILES string of the molecule is O=C(NC(CN1CCCC1)c1ccccc1)c1cnc2n(c1=O)CCS2. The van der Waals surface area contributed by atoms with E-state index in [1.54, 1.807) is 16.3 Å². The summed E-state index contributed by atoms with van der Waals surface area (Å²) in [6, 6.07) is 9.81. The van der Waals surface area contributed by atoms with Crippen LogP contribution in [0, 0.1) is 0 Å². The van der Waals surface area contributed by atoms with Gasteiger partial charge in [-0.2, -0.15) is 0 Å². The molecule has 1 N–H and O–H groups in total. The van der Waals surface area contributed by atoms with E-state index in [0.717, 1.165) is 31.0 Å². The minimum Gasteiger partial charge on any atom is -0.344 e. The Morgan fingerprint density at radius 2 is 1.96 bits per heavy atom. The molecule has 2 aliphatic rings. The number of hydrogen-bond acceptors (Lipinski definition) is 5. The van der Waals surface area contributed by atoms with E-state index in [1.165, 1.54) is 19.0 Å². The normalized spacial score (nSPS) is 17.8. The van der Waals surface area contributed by atoms with Crippen molar-refractivity contribution in [2.75, 3.05) is 25.4 Å². The molecule has 1 aromatic carbocycles. The Morgan fingerprint density at radius 1 is 1.19 bits per heavy atom. The molecule has 0 saturated carbocycles. The van der Waals surface area contributed by atoms with Gasteiger partial charge in [0.1, 0.15) is 5.56 Å². The van der Waals surface area contributed by atoms with E-state index in [4.69, 9.17) is 0 Å². The molecule has 2 aliphatic heterocycles. The summed E-state index contributed by atoms with van der Waals surface area (Å²) in [5, 5.41) is 3.77. The van der Waals surface area contributed by atoms with E-state index in [2.05, 4.69) is 15.2 Å². The van der Waals surface area contributed by atoms with Crippen molar-refractivity contribution >= 4 is 17.7 Å². The molecule has 4 rings (SSSR count). The number of fused-ring (bicyclic) bond motifs is 1. The molecule has 7 heteroatoms. The first kappa shape index (κ1) is 17.3. The highest BCUT2D eigenvalue weighted by molar-refractivity contribution is 7.99. The van der Waals surface area contributed by atoms with Crippen molar-refractivity contribution in [1.82, 2.24) is 19.8 Å². The lowest BCUT2D eigenvalue weighted by Gasteiger charge is -2.25. The predicted octanol–water partition coefficient (Wildman–Crippen LogP) is 1.92. The summed E-state index contributed by atoms with van der Waals surface area (Å²) in [6.07, 6.45) is 3.81. The van der Waals surface area contributed by atoms with Crippen molar-refractivity contribution in [2.24, 2.45) is 0 Å². The second kappa shape index (κ2) is 7.63. The fraction of sp³-hybridized carbons (Fsp3) is 0.421. The van der Waals surface area contributed by atoms with E-state index in [0.29, 0.717) is 11.7 Å². The van der Waals surface area contributed by atoms with E-state index in [1.807, 2.05) is 30.3 Å². The fourth-order valence-corrected chi connectivity index (χ4v) is 4.47. The number of benzene rings is 1. The van der Waals surface area contributed by atoms with Gasteiger partial charge in [-0.25, -0.2) is 4.98 Å². The molecule has 1 fully saturated rings. The summed E-state index contributed by atoms with van der Waals surface area (Å²) in [7, 11) is 0. The first-order chi connectivity index (χ1) is 12.7. The molecule has 1 atom stereocenters. The maximum Gasteiger partial charge on any atom is 0.267 e. The molecular weight excluding hydrogens is 348 g/mol. The van der Waals surface area contributed by atoms with Gasteiger partial charge >= 0.3 is 0 Å². The molecule has 6 nitrogen and oxygen atoms in total. The van der Waals surface area contributed by atoms with Crippen LogP contribution in [0.15, 0.2) is 46.5 Å². The number of likely N-dealkylation sites (tertiary alicyclic amines) is 1. The molecule has 3 heterocycles. The van der Waals surface area contributed by atoms with E-state index < -0.39 is 0 Å². The van der Waals surface area contributed by atoms with Crippen LogP contribution in [0.25, 0.3) is 0 Å². The lowest BCUT2D eigenvalue weighted by molar-refractivity contribution is 0.0924. The molecular formula is C19H22N4O2S. The Labute approximate surface area is 156 Å². The number of carbonyl (C=O) groups excluding carboxylic acids is 1. The number of thioether (sulfide) groups is 1. The molecule has 1 aromatic heterocycles. The zero-order valence-electron chi connectivity index (χ0n) is 14.6. The molecule has 0 radical (unpaired) electrons. The van der Waals surface area contributed by atoms with Crippen LogP contribution < -0.4 is 10.9 Å². The average Bonchev–Trinajstić information content (AvgIpc) is 3.34. The minimum atomic E-state index is -0.345. The van der Waals surface area contributed by atoms with Crippen LogP contribution >= 0.6 is 11.8 Å². The van der Waals surface area contributed by atoms with Crippen LogP contribution in [0.3, 0.4) is 0 Å². The molecule has 0 spiro atoms. The third kappa shape index (κ3) is 3.54. The average molecular weight is 370 g/mol. The van der Waals surface area contributed by atoms with Crippen LogP contribution in [0.4, 0.5) is 0 Å². The fourth-order valence-electron chi connectivity index (χ4n) is 3.55. The van der Waals surface area contributed by atoms with Crippen LogP contribution in [-0.4, -0.2) is 45.7 Å². The van der Waals surface area contributed by atoms with Crippen LogP contribution in [0.2, 0.25) is 0 Å². The molecule has 2 aromatic rings. The highest BCUT2D eigenvalue weighted by atomic mass is 32.2. The second-order valence-corrected chi connectivity index (χ2v) is 7.77. The topological polar surface area (TPSA) is 67.2 Å². The lowest BCUT2D eigenvalue weighted by Crippen LogP contribution is -2.40. The zero-order valence-corrected chi connectivity index (χ0v) is 15.4. The molecule has 1 saturated heterocycles. The van der Waals surface area contributed by atoms with Gasteiger partial charge in [0.25, 0.3) is 11.5 Å². The van der Waals surface area contributed by atoms with Gasteiger partial charge in [0.2, 0.25) is 0 Å². The highest BCUT2D eigenvalue weighted by Gasteiger charge is 2.24. The molecule has 0 aliphatic carbocycles. The van der Waals surface area contributed by atoms with Gasteiger partial charge in [0.15, 0.2) is 5.16 Å². The summed E-state index contributed by atoms with van der Waals surface area (Å²) < 4.78 is 1.59. The van der Waals surface area contributed by atoms with Gasteiger partial charge in [-0.3, -0.25) is 14.2 Å². The Kier molecular flexibility index (Phi) is 5.08. The first-order valence-corrected chi connectivity index (χ1v) is 10.0. The summed E-state index contributed by atoms with van der Waals surface area (Å²) >= 11 is 1.55. The lowest BCUT2D eigenvalue weighted by atomic mass is 10.1. The smallest absolute Gasteiger partial charge is 0.267 e. The molecule has 26 heavy (non-hydrogen) atoms. The largest absolute Gasteiger partial charge is 0.344 e. The number of amides is 1. The van der Waals surface area contributed by atoms with Crippen LogP contribution in [-0.2, 0) is 6.54 Å². The van der Waals surface area contributed by atoms with Gasteiger partial charge in [-0.05, 0) is 31.5 Å². The number of hydrogen-bond donors (Lipinski definition) is 1. The van der Waals surface area contributed by atoms with Crippen molar-refractivity contribution < 1.29 is 4.79 Å². The molecule has 136 valence electrons. The number of aromatic nitrogens is 2. The monoisotopic (exact) mass is 370 g/mol. The van der Waals surface area contributed by atoms with Gasteiger partial charge in [-0.15, -0.1) is 0 Å². The molecule has 1 unspecified atom stereocenters. The van der Waals surface area contributed by atoms with E-state index in [-0.39, 0.29) is 23.1 Å². The number of rotatable bonds is 5. The standard InChI is InChI=1S/C19H22N4O2S/c24-17(15-12-20-19-23(18(15)25)10-11-26-19)21-16(13-22-8-4-5-9-22)14-6-2-1-3-7-14/h1-3,6-7,12,16H,4-5,8-11,13H2,(H,21,24). The maximum atomic E-state index is 12.8. The van der Waals surface area contributed by atoms with Gasteiger partial charge in [0, 0.05) is 25.0 Å². The Morgan fingerprint density at radius 3 is 2.73 bits per heavy atom. The van der Waals surface area contributed by atoms with Crippen LogP contribution in [0.1, 0.15) is 34.8 Å². The minimum absolute atomic E-state index is 0.124. The summed E-state index contributed by atoms with van der Waals surface area (Å²) in [5.74, 6) is 0.484. The number of carbonyl (C=O) groups is 1. The first-order valence-electron chi connectivity index (χ1n) is 9.03. The third-order valence-corrected chi connectivity index (χ3v) is 5.92. The second-order valence-electron chi connectivity index (χ2n) is 6.70. The van der Waals surface area contributed by atoms with Crippen molar-refractivity contribution in [1.29, 1.82) is 0 Å². The zero-order chi connectivity index (χ0) is 17.9. The maximum absolute atomic E-state index is 12.8. The van der Waals surface area contributed by atoms with Gasteiger partial charge < -0.3 is 10.2 Å². The van der Waals surface area contributed by atoms with Crippen molar-refractivity contribution in [3.05, 3.63) is 58.0 Å². The Bertz CT molecular complexity index is 846. The van der Waals surface area contributed by atoms with Crippen molar-refractivity contribution in [2.45, 2.75) is 30.6 Å². The summed E-state index contributed by atoms with van der Waals surface area (Å²) in [4.78, 5) is 32.1. The van der Waals surface area contributed by atoms with E-state index in [9.17, 15) is 9.59 Å². The predicted molar refractivity (Wildman–Crippen MR) is 102 cm³/mol. The molecule has 0 bridgehead atoms. The number of nitrogens with zero attached hydrogens (tertiary/aromatic N) is 3. The summed E-state index contributed by atoms with van der Waals surface area (Å²) in [6.45, 7) is 3.48. The third-order valence-electron chi connectivity index (χ3n) is 4.95. The quantitative estimate of drug-likeness (QED) is 0.815. The number of nitrogens with one attached hydrogen (secondary N) is 1. The van der Waals surface area contributed by atoms with Gasteiger partial charge in [0.05, 0.1) is 6.04 Å². The summed E-state index contributed by atoms with van der Waals surface area (Å²) in [5.41, 5.74) is 0.932. The Hall–Kier alpha value is -2.12. The highest BCUT2D eigenvalue weighted by Crippen LogP contribution is 2.21. The Balaban J connectivity index is 1.57. The van der Waals surface area contributed by atoms with Crippen molar-refractivity contribution in [3.8, 4) is 0 Å². The van der Waals surface area contributed by atoms with E-state index >= 15 is 0 Å². The molecule has 1 amide bonds. The van der Waals surface area contributed by atoms with Crippen molar-refractivity contribution in [3.63, 3.8) is 0 Å². The van der Waals surface area contributed by atoms with Crippen LogP contribution in [0.5, 0.6) is 0 Å². The van der Waals surface area contributed by atoms with Gasteiger partial charge in [-0.1, -0.05) is 42.1 Å².